The Hall–Kier alpha value is -3.33. The van der Waals surface area contributed by atoms with Gasteiger partial charge in [0.2, 0.25) is 0 Å². The highest BCUT2D eigenvalue weighted by Crippen LogP contribution is 2.40. The van der Waals surface area contributed by atoms with Crippen LogP contribution in [-0.2, 0) is 24.5 Å². The van der Waals surface area contributed by atoms with Gasteiger partial charge in [-0.15, -0.1) is 0 Å². The van der Waals surface area contributed by atoms with E-state index in [2.05, 4.69) is 31.9 Å². The highest BCUT2D eigenvalue weighted by molar-refractivity contribution is 9.10. The average molecular weight is 678 g/mol. The van der Waals surface area contributed by atoms with Gasteiger partial charge in [-0.1, -0.05) is 88.7 Å². The number of hydrogen-bond donors (Lipinski definition) is 0. The number of halogens is 2. The van der Waals surface area contributed by atoms with Crippen LogP contribution in [0.15, 0.2) is 116 Å². The molecule has 0 aromatic heterocycles. The number of nitrogens with zero attached hydrogens (tertiary/aromatic N) is 2. The van der Waals surface area contributed by atoms with Gasteiger partial charge < -0.3 is 9.47 Å². The van der Waals surface area contributed by atoms with Gasteiger partial charge in [-0.3, -0.25) is 14.7 Å². The van der Waals surface area contributed by atoms with E-state index < -0.39 is 0 Å². The molecule has 1 fully saturated rings. The first kappa shape index (κ1) is 28.2. The molecule has 1 amide bonds. The van der Waals surface area contributed by atoms with Gasteiger partial charge in [0.05, 0.1) is 29.6 Å². The molecule has 0 N–H and O–H groups in total. The van der Waals surface area contributed by atoms with Crippen LogP contribution in [0.3, 0.4) is 0 Å². The van der Waals surface area contributed by atoms with Crippen molar-refractivity contribution in [3.8, 4) is 11.5 Å². The van der Waals surface area contributed by atoms with Gasteiger partial charge in [0.15, 0.2) is 16.7 Å². The summed E-state index contributed by atoms with van der Waals surface area (Å²) < 4.78 is 13.5. The molecule has 5 nitrogen and oxygen atoms in total. The van der Waals surface area contributed by atoms with E-state index in [9.17, 15) is 4.79 Å². The molecule has 0 radical (unpaired) electrons. The molecular formula is C32H26Br2N2O3S. The van der Waals surface area contributed by atoms with Crippen LogP contribution in [0.1, 0.15) is 22.3 Å². The number of carbonyl (C=O) groups is 1. The van der Waals surface area contributed by atoms with E-state index in [1.807, 2.05) is 103 Å². The Balaban J connectivity index is 1.40. The van der Waals surface area contributed by atoms with Crippen molar-refractivity contribution in [1.29, 1.82) is 0 Å². The summed E-state index contributed by atoms with van der Waals surface area (Å²) in [7, 11) is 1.61. The molecule has 1 saturated heterocycles. The lowest BCUT2D eigenvalue weighted by atomic mass is 10.1. The highest BCUT2D eigenvalue weighted by atomic mass is 79.9. The first-order chi connectivity index (χ1) is 19.5. The van der Waals surface area contributed by atoms with Crippen LogP contribution in [0.4, 0.5) is 0 Å². The number of benzene rings is 4. The minimum Gasteiger partial charge on any atom is -0.493 e. The molecule has 8 heteroatoms. The van der Waals surface area contributed by atoms with Gasteiger partial charge in [-0.25, -0.2) is 0 Å². The van der Waals surface area contributed by atoms with E-state index in [4.69, 9.17) is 14.5 Å². The molecule has 1 heterocycles. The van der Waals surface area contributed by atoms with Crippen LogP contribution in [0.2, 0.25) is 0 Å². The molecule has 4 aromatic rings. The molecule has 0 unspecified atom stereocenters. The maximum Gasteiger partial charge on any atom is 0.267 e. The fourth-order valence-electron chi connectivity index (χ4n) is 4.12. The van der Waals surface area contributed by atoms with Crippen molar-refractivity contribution >= 4 is 60.8 Å². The van der Waals surface area contributed by atoms with Crippen LogP contribution < -0.4 is 9.47 Å². The standard InChI is InChI=1S/C32H26Br2N2O3S/c1-38-28-17-25(16-27(34)30(28)39-21-24-12-14-26(33)15-13-24)18-29-31(37)36(20-23-10-6-3-7-11-23)32(40-29)35-19-22-8-4-2-5-9-22/h2-18H,19-21H2,1H3/b29-18-,35-32?. The zero-order valence-corrected chi connectivity index (χ0v) is 25.7. The summed E-state index contributed by atoms with van der Waals surface area (Å²) in [5.41, 5.74) is 3.99. The lowest BCUT2D eigenvalue weighted by molar-refractivity contribution is -0.122. The molecule has 1 aliphatic heterocycles. The number of hydrogen-bond acceptors (Lipinski definition) is 5. The largest absolute Gasteiger partial charge is 0.493 e. The minimum atomic E-state index is -0.0775. The van der Waals surface area contributed by atoms with E-state index in [0.29, 0.717) is 41.3 Å². The van der Waals surface area contributed by atoms with Crippen LogP contribution in [-0.4, -0.2) is 23.1 Å². The smallest absolute Gasteiger partial charge is 0.267 e. The number of ether oxygens (including phenoxy) is 2. The Kier molecular flexibility index (Phi) is 9.41. The van der Waals surface area contributed by atoms with Crippen molar-refractivity contribution in [3.63, 3.8) is 0 Å². The van der Waals surface area contributed by atoms with E-state index in [0.717, 1.165) is 31.2 Å². The Bertz CT molecular complexity index is 1540. The first-order valence-electron chi connectivity index (χ1n) is 12.6. The third kappa shape index (κ3) is 7.05. The minimum absolute atomic E-state index is 0.0775. The number of rotatable bonds is 9. The van der Waals surface area contributed by atoms with Gasteiger partial charge in [-0.2, -0.15) is 0 Å². The third-order valence-corrected chi connectivity index (χ3v) is 8.32. The van der Waals surface area contributed by atoms with Crippen molar-refractivity contribution in [2.24, 2.45) is 4.99 Å². The molecule has 0 aliphatic carbocycles. The second-order valence-corrected chi connectivity index (χ2v) is 11.8. The van der Waals surface area contributed by atoms with Gasteiger partial charge in [-0.05, 0) is 80.3 Å². The maximum absolute atomic E-state index is 13.6. The van der Waals surface area contributed by atoms with Crippen LogP contribution in [0.5, 0.6) is 11.5 Å². The third-order valence-electron chi connectivity index (χ3n) is 6.16. The highest BCUT2D eigenvalue weighted by Gasteiger charge is 2.33. The summed E-state index contributed by atoms with van der Waals surface area (Å²) in [4.78, 5) is 20.8. The predicted octanol–water partition coefficient (Wildman–Crippen LogP) is 8.47. The summed E-state index contributed by atoms with van der Waals surface area (Å²) in [6, 6.07) is 31.8. The lowest BCUT2D eigenvalue weighted by Gasteiger charge is -2.16. The molecule has 0 saturated carbocycles. The molecule has 1 aliphatic rings. The van der Waals surface area contributed by atoms with Crippen LogP contribution in [0.25, 0.3) is 6.08 Å². The van der Waals surface area contributed by atoms with Gasteiger partial charge in [0, 0.05) is 4.47 Å². The first-order valence-corrected chi connectivity index (χ1v) is 15.0. The number of aliphatic imine (C=N–C) groups is 1. The van der Waals surface area contributed by atoms with Gasteiger partial charge >= 0.3 is 0 Å². The molecule has 202 valence electrons. The van der Waals surface area contributed by atoms with Crippen LogP contribution >= 0.6 is 43.6 Å². The Labute approximate surface area is 255 Å². The van der Waals surface area contributed by atoms with E-state index in [1.54, 1.807) is 12.0 Å². The van der Waals surface area contributed by atoms with Gasteiger partial charge in [0.25, 0.3) is 5.91 Å². The monoisotopic (exact) mass is 676 g/mol. The fraction of sp³-hybridized carbons (Fsp3) is 0.125. The lowest BCUT2D eigenvalue weighted by Crippen LogP contribution is -2.28. The number of amides is 1. The van der Waals surface area contributed by atoms with Crippen molar-refractivity contribution in [1.82, 2.24) is 4.90 Å². The quantitative estimate of drug-likeness (QED) is 0.167. The molecule has 0 atom stereocenters. The average Bonchev–Trinajstić information content (AvgIpc) is 3.26. The topological polar surface area (TPSA) is 51.1 Å². The number of carbonyl (C=O) groups excluding carboxylic acids is 1. The van der Waals surface area contributed by atoms with Crippen molar-refractivity contribution < 1.29 is 14.3 Å². The fourth-order valence-corrected chi connectivity index (χ4v) is 5.94. The Morgan fingerprint density at radius 2 is 1.55 bits per heavy atom. The molecule has 0 bridgehead atoms. The SMILES string of the molecule is COc1cc(/C=C2\SC(=NCc3ccccc3)N(Cc3ccccc3)C2=O)cc(Br)c1OCc1ccc(Br)cc1. The predicted molar refractivity (Wildman–Crippen MR) is 169 cm³/mol. The van der Waals surface area contributed by atoms with Crippen molar-refractivity contribution in [2.45, 2.75) is 19.7 Å². The van der Waals surface area contributed by atoms with E-state index >= 15 is 0 Å². The molecule has 0 spiro atoms. The summed E-state index contributed by atoms with van der Waals surface area (Å²) in [5, 5.41) is 0.685. The maximum atomic E-state index is 13.6. The second kappa shape index (κ2) is 13.4. The summed E-state index contributed by atoms with van der Waals surface area (Å²) >= 11 is 8.49. The summed E-state index contributed by atoms with van der Waals surface area (Å²) in [6.07, 6.45) is 1.88. The Morgan fingerprint density at radius 3 is 2.23 bits per heavy atom. The molecule has 5 rings (SSSR count). The van der Waals surface area contributed by atoms with E-state index in [-0.39, 0.29) is 5.91 Å². The second-order valence-electron chi connectivity index (χ2n) is 9.02. The van der Waals surface area contributed by atoms with E-state index in [1.165, 1.54) is 11.8 Å². The zero-order valence-electron chi connectivity index (χ0n) is 21.7. The Morgan fingerprint density at radius 1 is 0.875 bits per heavy atom. The molecule has 4 aromatic carbocycles. The summed E-state index contributed by atoms with van der Waals surface area (Å²) in [6.45, 7) is 1.35. The number of methoxy groups -OCH3 is 1. The molecular weight excluding hydrogens is 652 g/mol. The van der Waals surface area contributed by atoms with Crippen LogP contribution in [0, 0.1) is 0 Å². The van der Waals surface area contributed by atoms with Crippen molar-refractivity contribution in [2.75, 3.05) is 7.11 Å². The number of amidine groups is 1. The zero-order chi connectivity index (χ0) is 27.9. The van der Waals surface area contributed by atoms with Crippen molar-refractivity contribution in [3.05, 3.63) is 133 Å². The molecule has 40 heavy (non-hydrogen) atoms. The van der Waals surface area contributed by atoms with Gasteiger partial charge in [0.1, 0.15) is 6.61 Å². The summed E-state index contributed by atoms with van der Waals surface area (Å²) in [5.74, 6) is 1.10. The normalized spacial score (nSPS) is 15.2. The number of thioether (sulfide) groups is 1.